The number of benzene rings is 3. The molecule has 0 spiro atoms. The molecule has 1 fully saturated rings. The van der Waals surface area contributed by atoms with Gasteiger partial charge in [0, 0.05) is 29.3 Å². The fourth-order valence-electron chi connectivity index (χ4n) is 3.83. The first kappa shape index (κ1) is 20.0. The summed E-state index contributed by atoms with van der Waals surface area (Å²) in [6, 6.07) is 21.7. The number of carbonyl (C=O) groups excluding carboxylic acids is 3. The zero-order valence-electron chi connectivity index (χ0n) is 17.3. The first-order chi connectivity index (χ1) is 15.6. The summed E-state index contributed by atoms with van der Waals surface area (Å²) in [7, 11) is 0. The Morgan fingerprint density at radius 2 is 1.62 bits per heavy atom. The van der Waals surface area contributed by atoms with Crippen molar-refractivity contribution in [2.75, 3.05) is 5.32 Å². The predicted octanol–water partition coefficient (Wildman–Crippen LogP) is 4.29. The van der Waals surface area contributed by atoms with E-state index in [2.05, 4.69) is 10.6 Å². The summed E-state index contributed by atoms with van der Waals surface area (Å²) in [5, 5.41) is 5.79. The normalized spacial score (nSPS) is 17.1. The first-order valence-corrected chi connectivity index (χ1v) is 10.7. The van der Waals surface area contributed by atoms with Gasteiger partial charge in [-0.2, -0.15) is 0 Å². The van der Waals surface area contributed by atoms with Crippen molar-refractivity contribution >= 4 is 23.5 Å². The molecular weight excluding hydrogens is 404 g/mol. The van der Waals surface area contributed by atoms with Crippen LogP contribution in [0.4, 0.5) is 5.69 Å². The van der Waals surface area contributed by atoms with Crippen LogP contribution in [-0.4, -0.2) is 23.8 Å². The van der Waals surface area contributed by atoms with E-state index >= 15 is 0 Å². The van der Waals surface area contributed by atoms with Gasteiger partial charge in [-0.25, -0.2) is 4.79 Å². The summed E-state index contributed by atoms with van der Waals surface area (Å²) in [5.74, 6) is -0.827. The third-order valence-corrected chi connectivity index (χ3v) is 5.71. The van der Waals surface area contributed by atoms with Crippen LogP contribution in [0.3, 0.4) is 0 Å². The molecule has 2 amide bonds. The molecule has 6 heteroatoms. The van der Waals surface area contributed by atoms with Gasteiger partial charge in [0.25, 0.3) is 11.8 Å². The summed E-state index contributed by atoms with van der Waals surface area (Å²) in [4.78, 5) is 37.6. The van der Waals surface area contributed by atoms with E-state index in [0.29, 0.717) is 28.8 Å². The molecule has 0 saturated heterocycles. The number of carbonyl (C=O) groups is 3. The molecule has 6 nitrogen and oxygen atoms in total. The van der Waals surface area contributed by atoms with E-state index in [1.54, 1.807) is 42.5 Å². The quantitative estimate of drug-likeness (QED) is 0.596. The highest BCUT2D eigenvalue weighted by Gasteiger charge is 2.28. The maximum atomic E-state index is 12.9. The summed E-state index contributed by atoms with van der Waals surface area (Å²) >= 11 is 0. The van der Waals surface area contributed by atoms with E-state index in [1.165, 1.54) is 0 Å². The molecule has 0 bridgehead atoms. The highest BCUT2D eigenvalue weighted by atomic mass is 16.5. The Bertz CT molecular complexity index is 1200. The molecule has 32 heavy (non-hydrogen) atoms. The summed E-state index contributed by atoms with van der Waals surface area (Å²) in [5.41, 5.74) is 3.67. The van der Waals surface area contributed by atoms with Crippen LogP contribution >= 0.6 is 0 Å². The highest BCUT2D eigenvalue weighted by molar-refractivity contribution is 6.06. The fraction of sp³-hybridized carbons (Fsp3) is 0.192. The van der Waals surface area contributed by atoms with Crippen molar-refractivity contribution in [3.63, 3.8) is 0 Å². The second-order valence-electron chi connectivity index (χ2n) is 8.16. The van der Waals surface area contributed by atoms with Gasteiger partial charge in [0.2, 0.25) is 0 Å². The van der Waals surface area contributed by atoms with Crippen LogP contribution in [0.5, 0.6) is 0 Å². The molecule has 3 aromatic rings. The summed E-state index contributed by atoms with van der Waals surface area (Å²) in [6.45, 7) is 0. The van der Waals surface area contributed by atoms with Crippen LogP contribution in [0, 0.1) is 0 Å². The van der Waals surface area contributed by atoms with Gasteiger partial charge in [0.05, 0.1) is 5.56 Å². The van der Waals surface area contributed by atoms with Gasteiger partial charge in [-0.15, -0.1) is 0 Å². The van der Waals surface area contributed by atoms with Gasteiger partial charge in [0.1, 0.15) is 6.10 Å². The van der Waals surface area contributed by atoms with E-state index in [4.69, 9.17) is 4.74 Å². The zero-order chi connectivity index (χ0) is 22.1. The van der Waals surface area contributed by atoms with Crippen LogP contribution < -0.4 is 10.6 Å². The molecule has 1 heterocycles. The molecule has 160 valence electrons. The monoisotopic (exact) mass is 426 g/mol. The maximum Gasteiger partial charge on any atom is 0.339 e. The Morgan fingerprint density at radius 3 is 2.41 bits per heavy atom. The fourth-order valence-corrected chi connectivity index (χ4v) is 3.83. The number of nitrogens with one attached hydrogen (secondary N) is 2. The minimum atomic E-state index is -0.388. The molecular formula is C26H22N2O4. The summed E-state index contributed by atoms with van der Waals surface area (Å²) < 4.78 is 5.58. The lowest BCUT2D eigenvalue weighted by molar-refractivity contribution is 0.0252. The summed E-state index contributed by atoms with van der Waals surface area (Å²) in [6.07, 6.45) is 2.15. The van der Waals surface area contributed by atoms with Crippen LogP contribution in [-0.2, 0) is 11.2 Å². The van der Waals surface area contributed by atoms with Gasteiger partial charge < -0.3 is 15.4 Å². The lowest BCUT2D eigenvalue weighted by Crippen LogP contribution is -2.25. The largest absolute Gasteiger partial charge is 0.454 e. The molecule has 0 unspecified atom stereocenters. The second kappa shape index (κ2) is 8.30. The third kappa shape index (κ3) is 4.25. The average molecular weight is 426 g/mol. The number of cyclic esters (lactones) is 1. The molecule has 1 aliphatic carbocycles. The molecule has 0 aromatic heterocycles. The van der Waals surface area contributed by atoms with Crippen molar-refractivity contribution < 1.29 is 19.1 Å². The van der Waals surface area contributed by atoms with E-state index < -0.39 is 0 Å². The van der Waals surface area contributed by atoms with Gasteiger partial charge in [0.15, 0.2) is 0 Å². The Morgan fingerprint density at radius 1 is 0.844 bits per heavy atom. The van der Waals surface area contributed by atoms with E-state index in [9.17, 15) is 14.4 Å². The Kier molecular flexibility index (Phi) is 5.19. The van der Waals surface area contributed by atoms with Gasteiger partial charge in [-0.3, -0.25) is 9.59 Å². The minimum Gasteiger partial charge on any atom is -0.454 e. The standard InChI is InChI=1S/C26H22N2O4/c29-24(27-20-10-11-20)17-7-4-8-21(14-17)28-25(30)18-9-12-22-19(13-18)15-23(32-26(22)31)16-5-2-1-3-6-16/h1-9,12-14,20,23H,10-11,15H2,(H,27,29)(H,28,30)/t23-/m0/s1. The van der Waals surface area contributed by atoms with E-state index in [-0.39, 0.29) is 29.9 Å². The SMILES string of the molecule is O=C(Nc1cccc(C(=O)NC2CC2)c1)c1ccc2c(c1)C[C@@H](c1ccccc1)OC2=O. The number of anilines is 1. The number of hydrogen-bond acceptors (Lipinski definition) is 4. The number of ether oxygens (including phenoxy) is 1. The van der Waals surface area contributed by atoms with Crippen LogP contribution in [0.2, 0.25) is 0 Å². The number of amides is 2. The Hall–Kier alpha value is -3.93. The van der Waals surface area contributed by atoms with Crippen LogP contribution in [0.15, 0.2) is 72.8 Å². The average Bonchev–Trinajstić information content (AvgIpc) is 3.63. The third-order valence-electron chi connectivity index (χ3n) is 5.71. The van der Waals surface area contributed by atoms with Crippen molar-refractivity contribution in [3.8, 4) is 0 Å². The molecule has 3 aromatic carbocycles. The van der Waals surface area contributed by atoms with Crippen LogP contribution in [0.25, 0.3) is 0 Å². The van der Waals surface area contributed by atoms with E-state index in [1.807, 2.05) is 30.3 Å². The molecule has 2 N–H and O–H groups in total. The maximum absolute atomic E-state index is 12.9. The molecule has 1 saturated carbocycles. The molecule has 1 aliphatic heterocycles. The zero-order valence-corrected chi connectivity index (χ0v) is 17.3. The van der Waals surface area contributed by atoms with Crippen molar-refractivity contribution in [1.82, 2.24) is 5.32 Å². The smallest absolute Gasteiger partial charge is 0.339 e. The lowest BCUT2D eigenvalue weighted by Gasteiger charge is -2.25. The van der Waals surface area contributed by atoms with Crippen molar-refractivity contribution in [1.29, 1.82) is 0 Å². The Balaban J connectivity index is 1.33. The predicted molar refractivity (Wildman–Crippen MR) is 120 cm³/mol. The van der Waals surface area contributed by atoms with Crippen molar-refractivity contribution in [2.24, 2.45) is 0 Å². The molecule has 2 aliphatic rings. The van der Waals surface area contributed by atoms with Gasteiger partial charge in [-0.05, 0) is 60.4 Å². The Labute approximate surface area is 185 Å². The van der Waals surface area contributed by atoms with E-state index in [0.717, 1.165) is 24.0 Å². The molecule has 5 rings (SSSR count). The van der Waals surface area contributed by atoms with Crippen molar-refractivity contribution in [3.05, 3.63) is 101 Å². The lowest BCUT2D eigenvalue weighted by atomic mass is 9.93. The van der Waals surface area contributed by atoms with Gasteiger partial charge >= 0.3 is 5.97 Å². The number of hydrogen-bond donors (Lipinski definition) is 2. The number of rotatable bonds is 5. The number of fused-ring (bicyclic) bond motifs is 1. The van der Waals surface area contributed by atoms with Crippen LogP contribution in [0.1, 0.15) is 61.1 Å². The topological polar surface area (TPSA) is 84.5 Å². The minimum absolute atomic E-state index is 0.136. The first-order valence-electron chi connectivity index (χ1n) is 10.7. The van der Waals surface area contributed by atoms with Crippen molar-refractivity contribution in [2.45, 2.75) is 31.4 Å². The molecule has 1 atom stereocenters. The second-order valence-corrected chi connectivity index (χ2v) is 8.16. The highest BCUT2D eigenvalue weighted by Crippen LogP contribution is 2.31. The van der Waals surface area contributed by atoms with Gasteiger partial charge in [-0.1, -0.05) is 36.4 Å². The molecule has 0 radical (unpaired) electrons. The number of esters is 1.